The van der Waals surface area contributed by atoms with Gasteiger partial charge in [0.1, 0.15) is 0 Å². The average Bonchev–Trinajstić information content (AvgIpc) is 2.36. The minimum absolute atomic E-state index is 0.0265. The highest BCUT2D eigenvalue weighted by molar-refractivity contribution is 5.89. The summed E-state index contributed by atoms with van der Waals surface area (Å²) >= 11 is 0. The van der Waals surface area contributed by atoms with Gasteiger partial charge >= 0.3 is 18.4 Å². The van der Waals surface area contributed by atoms with Gasteiger partial charge in [0.25, 0.3) is 5.60 Å². The molecule has 22 heavy (non-hydrogen) atoms. The average molecular weight is 330 g/mol. The van der Waals surface area contributed by atoms with Crippen LogP contribution in [0.4, 0.5) is 36.8 Å². The van der Waals surface area contributed by atoms with Crippen molar-refractivity contribution >= 4 is 11.7 Å². The Morgan fingerprint density at radius 2 is 1.50 bits per heavy atom. The Balaban J connectivity index is 3.13. The SMILES string of the molecule is CCNC(=O)Nc1ccc(C(O)(C(F)(F)F)C(F)(F)F)cc1. The van der Waals surface area contributed by atoms with Gasteiger partial charge < -0.3 is 15.7 Å². The van der Waals surface area contributed by atoms with Gasteiger partial charge in [0.15, 0.2) is 0 Å². The third-order valence-corrected chi connectivity index (χ3v) is 2.72. The van der Waals surface area contributed by atoms with Gasteiger partial charge in [-0.05, 0) is 19.1 Å². The third-order valence-electron chi connectivity index (χ3n) is 2.72. The molecular formula is C12H12F6N2O2. The predicted octanol–water partition coefficient (Wildman–Crippen LogP) is 3.14. The van der Waals surface area contributed by atoms with Gasteiger partial charge in [-0.15, -0.1) is 0 Å². The quantitative estimate of drug-likeness (QED) is 0.746. The number of carbonyl (C=O) groups excluding carboxylic acids is 1. The molecule has 1 aromatic rings. The number of nitrogens with one attached hydrogen (secondary N) is 2. The number of anilines is 1. The third kappa shape index (κ3) is 3.43. The summed E-state index contributed by atoms with van der Waals surface area (Å²) in [5, 5.41) is 13.7. The number of aliphatic hydroxyl groups is 1. The van der Waals surface area contributed by atoms with Crippen LogP contribution in [0, 0.1) is 0 Å². The van der Waals surface area contributed by atoms with Crippen molar-refractivity contribution in [1.29, 1.82) is 0 Å². The molecule has 0 unspecified atom stereocenters. The Labute approximate surface area is 121 Å². The number of urea groups is 1. The molecule has 10 heteroatoms. The van der Waals surface area contributed by atoms with Crippen molar-refractivity contribution in [3.8, 4) is 0 Å². The number of hydrogen-bond donors (Lipinski definition) is 3. The fourth-order valence-electron chi connectivity index (χ4n) is 1.62. The minimum atomic E-state index is -5.94. The van der Waals surface area contributed by atoms with Gasteiger partial charge in [0.2, 0.25) is 0 Å². The van der Waals surface area contributed by atoms with Crippen molar-refractivity contribution < 1.29 is 36.2 Å². The predicted molar refractivity (Wildman–Crippen MR) is 65.1 cm³/mol. The van der Waals surface area contributed by atoms with E-state index in [1.807, 2.05) is 0 Å². The largest absolute Gasteiger partial charge is 0.430 e. The summed E-state index contributed by atoms with van der Waals surface area (Å²) in [6.45, 7) is 1.90. The molecular weight excluding hydrogens is 318 g/mol. The van der Waals surface area contributed by atoms with Crippen molar-refractivity contribution in [2.75, 3.05) is 11.9 Å². The molecule has 0 heterocycles. The van der Waals surface area contributed by atoms with E-state index in [2.05, 4.69) is 10.6 Å². The van der Waals surface area contributed by atoms with Gasteiger partial charge in [-0.1, -0.05) is 12.1 Å². The first-order valence-electron chi connectivity index (χ1n) is 5.94. The van der Waals surface area contributed by atoms with E-state index in [0.29, 0.717) is 12.1 Å². The normalized spacial score (nSPS) is 12.9. The Bertz CT molecular complexity index is 510. The second kappa shape index (κ2) is 6.03. The lowest BCUT2D eigenvalue weighted by Gasteiger charge is -2.32. The molecule has 0 spiro atoms. The fraction of sp³-hybridized carbons (Fsp3) is 0.417. The Kier molecular flexibility index (Phi) is 4.96. The van der Waals surface area contributed by atoms with Crippen LogP contribution < -0.4 is 10.6 Å². The summed E-state index contributed by atoms with van der Waals surface area (Å²) in [5.41, 5.74) is -6.40. The van der Waals surface area contributed by atoms with Crippen molar-refractivity contribution in [2.24, 2.45) is 0 Å². The second-order valence-electron chi connectivity index (χ2n) is 4.27. The van der Waals surface area contributed by atoms with Crippen LogP contribution in [-0.2, 0) is 5.60 Å². The van der Waals surface area contributed by atoms with Gasteiger partial charge in [-0.3, -0.25) is 0 Å². The molecule has 0 fully saturated rings. The van der Waals surface area contributed by atoms with Gasteiger partial charge in [0, 0.05) is 17.8 Å². The molecule has 0 atom stereocenters. The first-order valence-corrected chi connectivity index (χ1v) is 5.94. The van der Waals surface area contributed by atoms with Crippen LogP contribution in [0.1, 0.15) is 12.5 Å². The number of amides is 2. The Hall–Kier alpha value is -1.97. The summed E-state index contributed by atoms with van der Waals surface area (Å²) < 4.78 is 75.9. The fourth-order valence-corrected chi connectivity index (χ4v) is 1.62. The van der Waals surface area contributed by atoms with Crippen LogP contribution in [0.25, 0.3) is 0 Å². The molecule has 0 aromatic heterocycles. The minimum Gasteiger partial charge on any atom is -0.369 e. The number of alkyl halides is 6. The van der Waals surface area contributed by atoms with Gasteiger partial charge in [-0.25, -0.2) is 4.79 Å². The van der Waals surface area contributed by atoms with Crippen molar-refractivity contribution in [3.63, 3.8) is 0 Å². The van der Waals surface area contributed by atoms with Crippen LogP contribution in [0.5, 0.6) is 0 Å². The molecule has 1 aromatic carbocycles. The summed E-state index contributed by atoms with van der Waals surface area (Å²) in [5.74, 6) is 0. The summed E-state index contributed by atoms with van der Waals surface area (Å²) in [6, 6.07) is 1.88. The molecule has 4 nitrogen and oxygen atoms in total. The van der Waals surface area contributed by atoms with E-state index >= 15 is 0 Å². The number of benzene rings is 1. The summed E-state index contributed by atoms with van der Waals surface area (Å²) in [7, 11) is 0. The van der Waals surface area contributed by atoms with Gasteiger partial charge in [0.05, 0.1) is 0 Å². The van der Waals surface area contributed by atoms with E-state index in [4.69, 9.17) is 5.11 Å². The Morgan fingerprint density at radius 3 is 1.86 bits per heavy atom. The number of halogens is 6. The molecule has 1 rings (SSSR count). The van der Waals surface area contributed by atoms with E-state index in [1.165, 1.54) is 0 Å². The standard InChI is InChI=1S/C12H12F6N2O2/c1-2-19-9(21)20-8-5-3-7(4-6-8)10(22,11(13,14)15)12(16,17)18/h3-6,22H,2H2,1H3,(H2,19,20,21). The van der Waals surface area contributed by atoms with E-state index in [9.17, 15) is 31.1 Å². The van der Waals surface area contributed by atoms with Crippen LogP contribution in [0.2, 0.25) is 0 Å². The lowest BCUT2D eigenvalue weighted by atomic mass is 9.92. The zero-order chi connectivity index (χ0) is 17.2. The number of rotatable bonds is 3. The summed E-state index contributed by atoms with van der Waals surface area (Å²) in [6.07, 6.45) is -11.9. The smallest absolute Gasteiger partial charge is 0.369 e. The zero-order valence-corrected chi connectivity index (χ0v) is 11.1. The highest BCUT2D eigenvalue weighted by atomic mass is 19.4. The molecule has 0 saturated carbocycles. The molecule has 0 aliphatic heterocycles. The summed E-state index contributed by atoms with van der Waals surface area (Å²) in [4.78, 5) is 11.2. The first kappa shape index (κ1) is 18.1. The molecule has 2 amide bonds. The Morgan fingerprint density at radius 1 is 1.05 bits per heavy atom. The highest BCUT2D eigenvalue weighted by Gasteiger charge is 2.71. The maximum Gasteiger partial charge on any atom is 0.430 e. The first-order chi connectivity index (χ1) is 9.93. The van der Waals surface area contributed by atoms with Crippen LogP contribution >= 0.6 is 0 Å². The molecule has 0 aliphatic carbocycles. The molecule has 0 bridgehead atoms. The lowest BCUT2D eigenvalue weighted by Crippen LogP contribution is -2.53. The number of hydrogen-bond acceptors (Lipinski definition) is 2. The zero-order valence-electron chi connectivity index (χ0n) is 11.1. The van der Waals surface area contributed by atoms with Crippen molar-refractivity contribution in [1.82, 2.24) is 5.32 Å². The van der Waals surface area contributed by atoms with Crippen molar-refractivity contribution in [3.05, 3.63) is 29.8 Å². The topological polar surface area (TPSA) is 61.4 Å². The van der Waals surface area contributed by atoms with E-state index in [0.717, 1.165) is 12.1 Å². The lowest BCUT2D eigenvalue weighted by molar-refractivity contribution is -0.376. The van der Waals surface area contributed by atoms with Crippen LogP contribution in [0.3, 0.4) is 0 Å². The van der Waals surface area contributed by atoms with E-state index in [-0.39, 0.29) is 12.2 Å². The molecule has 124 valence electrons. The monoisotopic (exact) mass is 330 g/mol. The molecule has 0 aliphatic rings. The second-order valence-corrected chi connectivity index (χ2v) is 4.27. The maximum atomic E-state index is 12.6. The van der Waals surface area contributed by atoms with Crippen LogP contribution in [-0.4, -0.2) is 30.0 Å². The molecule has 0 radical (unpaired) electrons. The number of carbonyl (C=O) groups is 1. The maximum absolute atomic E-state index is 12.6. The highest BCUT2D eigenvalue weighted by Crippen LogP contribution is 2.50. The van der Waals surface area contributed by atoms with E-state index < -0.39 is 29.5 Å². The van der Waals surface area contributed by atoms with E-state index in [1.54, 1.807) is 6.92 Å². The van der Waals surface area contributed by atoms with Crippen LogP contribution in [0.15, 0.2) is 24.3 Å². The molecule has 3 N–H and O–H groups in total. The van der Waals surface area contributed by atoms with Gasteiger partial charge in [-0.2, -0.15) is 26.3 Å². The van der Waals surface area contributed by atoms with Crippen molar-refractivity contribution in [2.45, 2.75) is 24.9 Å². The molecule has 0 saturated heterocycles.